The van der Waals surface area contributed by atoms with Crippen LogP contribution in [0.25, 0.3) is 0 Å². The van der Waals surface area contributed by atoms with Crippen LogP contribution < -0.4 is 10.4 Å². The zero-order valence-electron chi connectivity index (χ0n) is 17.1. The van der Waals surface area contributed by atoms with Crippen molar-refractivity contribution in [3.8, 4) is 0 Å². The van der Waals surface area contributed by atoms with E-state index in [1.165, 1.54) is 0 Å². The van der Waals surface area contributed by atoms with Gasteiger partial charge in [-0.15, -0.1) is 0 Å². The third-order valence-electron chi connectivity index (χ3n) is 5.83. The van der Waals surface area contributed by atoms with E-state index >= 15 is 0 Å². The Morgan fingerprint density at radius 2 is 1.71 bits per heavy atom. The lowest BCUT2D eigenvalue weighted by atomic mass is 9.98. The molecule has 2 aromatic carbocycles. The maximum atomic E-state index is 13.2. The van der Waals surface area contributed by atoms with Crippen LogP contribution in [-0.2, 0) is 4.79 Å². The summed E-state index contributed by atoms with van der Waals surface area (Å²) in [6.45, 7) is 1.70. The van der Waals surface area contributed by atoms with Crippen molar-refractivity contribution in [2.45, 2.75) is 31.4 Å². The standard InChI is InChI=1S/C22H23Cl3N4O2/c1-29(11-3-2-4-12-29)27-22(31)19-21(30)20(14-5-7-15(23)8-6-14)28(26-19)18-10-9-16(24)13-17(18)25/h5-10,13,20-21,30H,2-4,11-12H2,1H3/p+1/t20-,21-/m1/s1. The number of nitrogens with zero attached hydrogens (tertiary/aromatic N) is 3. The van der Waals surface area contributed by atoms with Crippen molar-refractivity contribution in [2.75, 3.05) is 25.1 Å². The van der Waals surface area contributed by atoms with Crippen LogP contribution in [-0.4, -0.2) is 47.6 Å². The number of amides is 1. The zero-order valence-corrected chi connectivity index (χ0v) is 19.3. The predicted molar refractivity (Wildman–Crippen MR) is 124 cm³/mol. The molecule has 31 heavy (non-hydrogen) atoms. The molecule has 0 radical (unpaired) electrons. The molecule has 2 aliphatic rings. The number of halogens is 3. The number of aliphatic hydroxyl groups excluding tert-OH is 1. The molecule has 1 amide bonds. The SMILES string of the molecule is C[N+]1(NC(=O)C2=NN(c3ccc(Cl)cc3Cl)[C@H](c3ccc(Cl)cc3)[C@@H]2O)CCCCC1. The van der Waals surface area contributed by atoms with Crippen LogP contribution in [0.2, 0.25) is 15.1 Å². The summed E-state index contributed by atoms with van der Waals surface area (Å²) in [6.07, 6.45) is 2.11. The van der Waals surface area contributed by atoms with Gasteiger partial charge < -0.3 is 5.11 Å². The molecule has 1 saturated heterocycles. The van der Waals surface area contributed by atoms with E-state index in [0.29, 0.717) is 25.3 Å². The Bertz CT molecular complexity index is 1010. The monoisotopic (exact) mass is 481 g/mol. The Morgan fingerprint density at radius 3 is 2.35 bits per heavy atom. The quantitative estimate of drug-likeness (QED) is 0.627. The van der Waals surface area contributed by atoms with Gasteiger partial charge in [0.05, 0.1) is 17.8 Å². The van der Waals surface area contributed by atoms with E-state index in [4.69, 9.17) is 34.8 Å². The molecule has 1 fully saturated rings. The number of hydrogen-bond donors (Lipinski definition) is 2. The number of benzene rings is 2. The average Bonchev–Trinajstić information content (AvgIpc) is 3.06. The predicted octanol–water partition coefficient (Wildman–Crippen LogP) is 4.59. The van der Waals surface area contributed by atoms with Gasteiger partial charge in [-0.05, 0) is 55.2 Å². The molecule has 0 aliphatic carbocycles. The number of rotatable bonds is 4. The maximum absolute atomic E-state index is 13.2. The van der Waals surface area contributed by atoms with E-state index in [9.17, 15) is 9.90 Å². The first-order valence-corrected chi connectivity index (χ1v) is 11.3. The van der Waals surface area contributed by atoms with E-state index in [-0.39, 0.29) is 11.6 Å². The van der Waals surface area contributed by atoms with Gasteiger partial charge in [0, 0.05) is 10.0 Å². The second-order valence-electron chi connectivity index (χ2n) is 8.21. The van der Waals surface area contributed by atoms with Crippen molar-refractivity contribution in [1.82, 2.24) is 5.43 Å². The summed E-state index contributed by atoms with van der Waals surface area (Å²) in [6, 6.07) is 11.5. The summed E-state index contributed by atoms with van der Waals surface area (Å²) in [5.74, 6) is -0.386. The van der Waals surface area contributed by atoms with Crippen molar-refractivity contribution in [2.24, 2.45) is 5.10 Å². The number of piperidine rings is 1. The summed E-state index contributed by atoms with van der Waals surface area (Å²) in [5.41, 5.74) is 4.41. The number of hydrazone groups is 1. The third kappa shape index (κ3) is 4.69. The minimum absolute atomic E-state index is 0.0518. The lowest BCUT2D eigenvalue weighted by Crippen LogP contribution is -2.61. The van der Waals surface area contributed by atoms with Gasteiger partial charge in [0.1, 0.15) is 25.2 Å². The highest BCUT2D eigenvalue weighted by Crippen LogP contribution is 2.40. The minimum atomic E-state index is -1.15. The van der Waals surface area contributed by atoms with Crippen LogP contribution in [0.15, 0.2) is 47.6 Å². The molecule has 0 aromatic heterocycles. The Morgan fingerprint density at radius 1 is 1.06 bits per heavy atom. The van der Waals surface area contributed by atoms with Crippen molar-refractivity contribution in [1.29, 1.82) is 0 Å². The van der Waals surface area contributed by atoms with E-state index in [0.717, 1.165) is 37.9 Å². The van der Waals surface area contributed by atoms with E-state index in [1.54, 1.807) is 35.3 Å². The van der Waals surface area contributed by atoms with Gasteiger partial charge in [0.25, 0.3) is 0 Å². The molecular formula is C22H24Cl3N4O2+. The number of likely N-dealkylation sites (tertiary alicyclic amines) is 1. The Kier molecular flexibility index (Phi) is 6.47. The van der Waals surface area contributed by atoms with Gasteiger partial charge in [-0.25, -0.2) is 4.59 Å². The normalized spacial score (nSPS) is 22.9. The topological polar surface area (TPSA) is 64.9 Å². The second-order valence-corrected chi connectivity index (χ2v) is 9.49. The third-order valence-corrected chi connectivity index (χ3v) is 6.62. The number of nitrogens with one attached hydrogen (secondary N) is 1. The average molecular weight is 483 g/mol. The Hall–Kier alpha value is -1.83. The molecular weight excluding hydrogens is 459 g/mol. The van der Waals surface area contributed by atoms with E-state index < -0.39 is 12.1 Å². The second kappa shape index (κ2) is 8.96. The van der Waals surface area contributed by atoms with Crippen LogP contribution in [0.5, 0.6) is 0 Å². The first kappa shape index (κ1) is 22.4. The van der Waals surface area contributed by atoms with Crippen molar-refractivity contribution in [3.05, 3.63) is 63.1 Å². The van der Waals surface area contributed by atoms with Crippen LogP contribution >= 0.6 is 34.8 Å². The lowest BCUT2D eigenvalue weighted by Gasteiger charge is -2.36. The van der Waals surface area contributed by atoms with Gasteiger partial charge >= 0.3 is 5.91 Å². The van der Waals surface area contributed by atoms with Crippen LogP contribution in [0.1, 0.15) is 30.9 Å². The number of anilines is 1. The number of quaternary nitrogens is 1. The van der Waals surface area contributed by atoms with Gasteiger partial charge in [-0.3, -0.25) is 9.80 Å². The summed E-state index contributed by atoms with van der Waals surface area (Å²) in [5, 5.41) is 18.7. The molecule has 2 aliphatic heterocycles. The van der Waals surface area contributed by atoms with Crippen molar-refractivity contribution < 1.29 is 14.5 Å². The molecule has 6 nitrogen and oxygen atoms in total. The van der Waals surface area contributed by atoms with E-state index in [2.05, 4.69) is 10.5 Å². The van der Waals surface area contributed by atoms with E-state index in [1.807, 2.05) is 19.2 Å². The van der Waals surface area contributed by atoms with Gasteiger partial charge in [-0.2, -0.15) is 10.5 Å². The fourth-order valence-corrected chi connectivity index (χ4v) is 4.80. The zero-order chi connectivity index (χ0) is 22.2. The summed E-state index contributed by atoms with van der Waals surface area (Å²) < 4.78 is 0.428. The first-order chi connectivity index (χ1) is 14.8. The summed E-state index contributed by atoms with van der Waals surface area (Å²) in [4.78, 5) is 13.2. The van der Waals surface area contributed by atoms with Crippen molar-refractivity contribution in [3.63, 3.8) is 0 Å². The largest absolute Gasteiger partial charge is 0.384 e. The fraction of sp³-hybridized carbons (Fsp3) is 0.364. The highest BCUT2D eigenvalue weighted by molar-refractivity contribution is 6.41. The molecule has 2 heterocycles. The molecule has 2 atom stereocenters. The lowest BCUT2D eigenvalue weighted by molar-refractivity contribution is -0.947. The van der Waals surface area contributed by atoms with Crippen LogP contribution in [0.4, 0.5) is 5.69 Å². The maximum Gasteiger partial charge on any atom is 0.314 e. The molecule has 164 valence electrons. The first-order valence-electron chi connectivity index (χ1n) is 10.2. The molecule has 4 rings (SSSR count). The summed E-state index contributed by atoms with van der Waals surface area (Å²) in [7, 11) is 1.99. The van der Waals surface area contributed by atoms with Gasteiger partial charge in [0.2, 0.25) is 0 Å². The number of carbonyl (C=O) groups excluding carboxylic acids is 1. The highest BCUT2D eigenvalue weighted by atomic mass is 35.5. The molecule has 0 unspecified atom stereocenters. The molecule has 2 N–H and O–H groups in total. The minimum Gasteiger partial charge on any atom is -0.384 e. The van der Waals surface area contributed by atoms with Crippen LogP contribution in [0, 0.1) is 0 Å². The van der Waals surface area contributed by atoms with Gasteiger partial charge in [-0.1, -0.05) is 46.9 Å². The molecule has 0 spiro atoms. The van der Waals surface area contributed by atoms with Crippen LogP contribution in [0.3, 0.4) is 0 Å². The Balaban J connectivity index is 1.70. The molecule has 0 saturated carbocycles. The number of aliphatic hydroxyl groups is 1. The highest BCUT2D eigenvalue weighted by Gasteiger charge is 2.43. The van der Waals surface area contributed by atoms with Gasteiger partial charge in [0.15, 0.2) is 5.71 Å². The number of carbonyl (C=O) groups is 1. The molecule has 2 aromatic rings. The van der Waals surface area contributed by atoms with Crippen molar-refractivity contribution >= 4 is 52.1 Å². The number of hydrogen-bond acceptors (Lipinski definition) is 4. The molecule has 9 heteroatoms. The Labute approximate surface area is 196 Å². The molecule has 0 bridgehead atoms. The fourth-order valence-electron chi connectivity index (χ4n) is 4.18. The smallest absolute Gasteiger partial charge is 0.314 e. The summed E-state index contributed by atoms with van der Waals surface area (Å²) >= 11 is 18.5.